The molecule has 0 aliphatic heterocycles. The number of benzene rings is 3. The summed E-state index contributed by atoms with van der Waals surface area (Å²) in [5.74, 6) is -0.645. The third-order valence-corrected chi connectivity index (χ3v) is 5.90. The second-order valence-corrected chi connectivity index (χ2v) is 9.60. The second kappa shape index (κ2) is 8.91. The van der Waals surface area contributed by atoms with E-state index in [9.17, 15) is 4.79 Å². The van der Waals surface area contributed by atoms with Crippen LogP contribution in [0, 0.1) is 0 Å². The van der Waals surface area contributed by atoms with Gasteiger partial charge in [-0.05, 0) is 75.9 Å². The van der Waals surface area contributed by atoms with Crippen LogP contribution >= 0.6 is 0 Å². The highest BCUT2D eigenvalue weighted by Gasteiger charge is 2.41. The maximum atomic E-state index is 10.9. The molecular formula is C28H31NO3. The lowest BCUT2D eigenvalue weighted by atomic mass is 9.82. The molecule has 0 amide bonds. The number of hydrogen-bond donors (Lipinski definition) is 3. The first kappa shape index (κ1) is 23.1. The third-order valence-electron chi connectivity index (χ3n) is 5.90. The van der Waals surface area contributed by atoms with E-state index >= 15 is 0 Å². The van der Waals surface area contributed by atoms with Crippen molar-refractivity contribution < 1.29 is 15.0 Å². The van der Waals surface area contributed by atoms with Crippen LogP contribution in [-0.4, -0.2) is 16.2 Å². The fraction of sp³-hybridized carbons (Fsp3) is 0.250. The van der Waals surface area contributed by atoms with Crippen LogP contribution < -0.4 is 5.73 Å². The van der Waals surface area contributed by atoms with Gasteiger partial charge in [-0.15, -0.1) is 0 Å². The zero-order valence-corrected chi connectivity index (χ0v) is 19.1. The normalized spacial score (nSPS) is 15.6. The summed E-state index contributed by atoms with van der Waals surface area (Å²) in [5, 5.41) is 17.6. The van der Waals surface area contributed by atoms with Crippen LogP contribution in [0.4, 0.5) is 5.69 Å². The topological polar surface area (TPSA) is 83.5 Å². The largest absolute Gasteiger partial charge is 0.508 e. The van der Waals surface area contributed by atoms with Crippen molar-refractivity contribution in [3.05, 3.63) is 94.5 Å². The van der Waals surface area contributed by atoms with E-state index in [1.54, 1.807) is 36.4 Å². The first-order chi connectivity index (χ1) is 15.0. The Morgan fingerprint density at radius 2 is 1.34 bits per heavy atom. The van der Waals surface area contributed by atoms with Crippen molar-refractivity contribution in [3.8, 4) is 5.75 Å². The lowest BCUT2D eigenvalue weighted by molar-refractivity contribution is 0.0697. The molecule has 0 atom stereocenters. The summed E-state index contributed by atoms with van der Waals surface area (Å²) in [6, 6.07) is 20.1. The van der Waals surface area contributed by atoms with Gasteiger partial charge < -0.3 is 15.9 Å². The number of carboxylic acids is 1. The Labute approximate surface area is 190 Å². The Balaban J connectivity index is 0.000000305. The average Bonchev–Trinajstić information content (AvgIpc) is 2.93. The van der Waals surface area contributed by atoms with E-state index < -0.39 is 5.97 Å². The Hall–Kier alpha value is -3.53. The van der Waals surface area contributed by atoms with Crippen molar-refractivity contribution in [1.82, 2.24) is 0 Å². The number of phenolic OH excluding ortho intramolecular Hbond substituents is 1. The molecule has 32 heavy (non-hydrogen) atoms. The fourth-order valence-corrected chi connectivity index (χ4v) is 4.51. The van der Waals surface area contributed by atoms with Crippen molar-refractivity contribution >= 4 is 23.8 Å². The number of fused-ring (bicyclic) bond motifs is 1. The van der Waals surface area contributed by atoms with E-state index in [1.165, 1.54) is 23.1 Å². The molecule has 4 nitrogen and oxygen atoms in total. The average molecular weight is 430 g/mol. The number of hydrogen-bond acceptors (Lipinski definition) is 3. The zero-order chi connectivity index (χ0) is 23.5. The van der Waals surface area contributed by atoms with Crippen LogP contribution in [0.15, 0.2) is 66.7 Å². The molecule has 0 saturated heterocycles. The molecule has 1 aliphatic rings. The minimum absolute atomic E-state index is 0.200. The Morgan fingerprint density at radius 3 is 1.91 bits per heavy atom. The summed E-state index contributed by atoms with van der Waals surface area (Å²) in [6.45, 7) is 9.28. The number of aromatic carboxylic acids is 1. The maximum Gasteiger partial charge on any atom is 0.335 e. The predicted octanol–water partition coefficient (Wildman–Crippen LogP) is 6.49. The van der Waals surface area contributed by atoms with Crippen LogP contribution in [0.2, 0.25) is 0 Å². The number of nitrogens with two attached hydrogens (primary N) is 1. The quantitative estimate of drug-likeness (QED) is 0.252. The molecule has 0 fully saturated rings. The van der Waals surface area contributed by atoms with Crippen LogP contribution in [-0.2, 0) is 10.8 Å². The van der Waals surface area contributed by atoms with Crippen LogP contribution in [0.1, 0.15) is 66.7 Å². The molecule has 3 aromatic rings. The van der Waals surface area contributed by atoms with Gasteiger partial charge >= 0.3 is 5.97 Å². The van der Waals surface area contributed by atoms with Crippen molar-refractivity contribution in [3.63, 3.8) is 0 Å². The molecule has 4 heteroatoms. The van der Waals surface area contributed by atoms with E-state index in [2.05, 4.69) is 52.0 Å². The van der Waals surface area contributed by atoms with Crippen molar-refractivity contribution in [2.75, 3.05) is 5.73 Å². The van der Waals surface area contributed by atoms with Crippen LogP contribution in [0.5, 0.6) is 5.75 Å². The molecule has 166 valence electrons. The number of rotatable bonds is 3. The number of carbonyl (C=O) groups is 1. The number of carboxylic acid groups (broad SMARTS) is 1. The molecule has 4 N–H and O–H groups in total. The lowest BCUT2D eigenvalue weighted by Crippen LogP contribution is -2.17. The summed E-state index contributed by atoms with van der Waals surface area (Å²) >= 11 is 0. The van der Waals surface area contributed by atoms with Gasteiger partial charge in [0.1, 0.15) is 5.75 Å². The second-order valence-electron chi connectivity index (χ2n) is 9.60. The highest BCUT2D eigenvalue weighted by atomic mass is 16.4. The number of nitrogen functional groups attached to an aromatic ring is 1. The molecule has 0 saturated carbocycles. The molecule has 1 aliphatic carbocycles. The van der Waals surface area contributed by atoms with Gasteiger partial charge in [0.05, 0.1) is 5.56 Å². The molecule has 4 rings (SSSR count). The molecule has 3 aromatic carbocycles. The molecule has 0 unspecified atom stereocenters. The summed E-state index contributed by atoms with van der Waals surface area (Å²) < 4.78 is 0. The van der Waals surface area contributed by atoms with Crippen LogP contribution in [0.25, 0.3) is 12.2 Å². The monoisotopic (exact) mass is 429 g/mol. The number of anilines is 1. The maximum absolute atomic E-state index is 10.9. The molecule has 0 bridgehead atoms. The van der Waals surface area contributed by atoms with E-state index in [-0.39, 0.29) is 16.6 Å². The van der Waals surface area contributed by atoms with Gasteiger partial charge in [-0.25, -0.2) is 4.79 Å². The molecule has 0 spiro atoms. The minimum Gasteiger partial charge on any atom is -0.508 e. The van der Waals surface area contributed by atoms with Gasteiger partial charge in [0, 0.05) is 5.69 Å². The van der Waals surface area contributed by atoms with Gasteiger partial charge in [-0.2, -0.15) is 0 Å². The smallest absolute Gasteiger partial charge is 0.335 e. The zero-order valence-electron chi connectivity index (χ0n) is 19.1. The number of phenols is 1. The van der Waals surface area contributed by atoms with E-state index in [1.807, 2.05) is 18.2 Å². The molecule has 0 aromatic heterocycles. The van der Waals surface area contributed by atoms with E-state index in [0.717, 1.165) is 5.56 Å². The molecule has 0 heterocycles. The van der Waals surface area contributed by atoms with E-state index in [4.69, 9.17) is 15.9 Å². The third kappa shape index (κ3) is 5.38. The van der Waals surface area contributed by atoms with Gasteiger partial charge in [0.2, 0.25) is 0 Å². The first-order valence-corrected chi connectivity index (χ1v) is 10.7. The van der Waals surface area contributed by atoms with Crippen molar-refractivity contribution in [1.29, 1.82) is 0 Å². The van der Waals surface area contributed by atoms with Gasteiger partial charge in [-0.1, -0.05) is 70.2 Å². The Kier molecular flexibility index (Phi) is 6.45. The standard InChI is InChI=1S/C22H24O2.C6H7NO/c1-21(2)14-22(3,4)19-13-16(9-12-18(19)21)6-5-15-7-10-17(11-8-15)20(23)24;7-5-1-3-6(8)4-2-5/h5-13H,14H2,1-4H3,(H,23,24);1-4,8H,7H2. The highest BCUT2D eigenvalue weighted by Crippen LogP contribution is 2.49. The fourth-order valence-electron chi connectivity index (χ4n) is 4.51. The predicted molar refractivity (Wildman–Crippen MR) is 132 cm³/mol. The minimum atomic E-state index is -0.894. The highest BCUT2D eigenvalue weighted by molar-refractivity contribution is 5.88. The van der Waals surface area contributed by atoms with E-state index in [0.29, 0.717) is 11.3 Å². The summed E-state index contributed by atoms with van der Waals surface area (Å²) in [7, 11) is 0. The SMILES string of the molecule is CC1(C)CC(C)(C)c2cc(C=Cc3ccc(C(=O)O)cc3)ccc21.Nc1ccc(O)cc1. The van der Waals surface area contributed by atoms with Crippen molar-refractivity contribution in [2.45, 2.75) is 44.9 Å². The van der Waals surface area contributed by atoms with Gasteiger partial charge in [0.15, 0.2) is 0 Å². The Morgan fingerprint density at radius 1 is 0.812 bits per heavy atom. The number of aromatic hydroxyl groups is 1. The van der Waals surface area contributed by atoms with Gasteiger partial charge in [-0.3, -0.25) is 0 Å². The summed E-state index contributed by atoms with van der Waals surface area (Å²) in [5.41, 5.74) is 11.8. The molecule has 0 radical (unpaired) electrons. The summed E-state index contributed by atoms with van der Waals surface area (Å²) in [6.07, 6.45) is 5.29. The van der Waals surface area contributed by atoms with Crippen LogP contribution in [0.3, 0.4) is 0 Å². The Bertz CT molecular complexity index is 1100. The summed E-state index contributed by atoms with van der Waals surface area (Å²) in [4.78, 5) is 10.9. The van der Waals surface area contributed by atoms with Crippen molar-refractivity contribution in [2.24, 2.45) is 0 Å². The first-order valence-electron chi connectivity index (χ1n) is 10.7. The lowest BCUT2D eigenvalue weighted by Gasteiger charge is -2.22. The molecular weight excluding hydrogens is 398 g/mol. The van der Waals surface area contributed by atoms with Gasteiger partial charge in [0.25, 0.3) is 0 Å².